The average Bonchev–Trinajstić information content (AvgIpc) is 2.19. The number of hydrogen-bond acceptors (Lipinski definition) is 3. The molecule has 1 rings (SSSR count). The molecule has 0 saturated carbocycles. The molecule has 0 bridgehead atoms. The van der Waals surface area contributed by atoms with Gasteiger partial charge in [-0.1, -0.05) is 12.2 Å². The molecule has 0 heterocycles. The Bertz CT molecular complexity index is 372. The molecule has 0 aliphatic heterocycles. The van der Waals surface area contributed by atoms with E-state index in [1.54, 1.807) is 0 Å². The van der Waals surface area contributed by atoms with Crippen LogP contribution in [0.2, 0.25) is 0 Å². The molecule has 0 saturated heterocycles. The number of aldehydes is 1. The van der Waals surface area contributed by atoms with Gasteiger partial charge in [0.1, 0.15) is 0 Å². The lowest BCUT2D eigenvalue weighted by Crippen LogP contribution is -1.88. The van der Waals surface area contributed by atoms with Crippen LogP contribution in [-0.2, 0) is 0 Å². The van der Waals surface area contributed by atoms with Gasteiger partial charge >= 0.3 is 0 Å². The summed E-state index contributed by atoms with van der Waals surface area (Å²) in [6.07, 6.45) is 3.23. The van der Waals surface area contributed by atoms with Crippen LogP contribution in [0.4, 0.5) is 4.39 Å². The lowest BCUT2D eigenvalue weighted by molar-refractivity contribution is 0.112. The van der Waals surface area contributed by atoms with Crippen LogP contribution in [0.5, 0.6) is 5.75 Å². The van der Waals surface area contributed by atoms with E-state index in [1.165, 1.54) is 18.2 Å². The fraction of sp³-hybridized carbons (Fsp3) is 0.100. The first-order valence-corrected chi connectivity index (χ1v) is 3.94. The summed E-state index contributed by atoms with van der Waals surface area (Å²) < 4.78 is 12.9. The second-order valence-corrected chi connectivity index (χ2v) is 2.64. The van der Waals surface area contributed by atoms with Crippen LogP contribution in [0.15, 0.2) is 18.2 Å². The van der Waals surface area contributed by atoms with E-state index in [-0.39, 0.29) is 12.2 Å². The molecule has 3 nitrogen and oxygen atoms in total. The zero-order valence-corrected chi connectivity index (χ0v) is 7.27. The van der Waals surface area contributed by atoms with E-state index in [9.17, 15) is 9.18 Å². The number of halogens is 1. The SMILES string of the molecule is O=Cc1cc(C=CCO)cc(F)c1O. The van der Waals surface area contributed by atoms with E-state index in [4.69, 9.17) is 10.2 Å². The number of aromatic hydroxyl groups is 1. The molecule has 0 amide bonds. The molecular formula is C10H9FO3. The summed E-state index contributed by atoms with van der Waals surface area (Å²) in [6.45, 7) is -0.168. The summed E-state index contributed by atoms with van der Waals surface area (Å²) >= 11 is 0. The monoisotopic (exact) mass is 196 g/mol. The maximum absolute atomic E-state index is 12.9. The molecule has 0 fully saturated rings. The van der Waals surface area contributed by atoms with Crippen molar-refractivity contribution < 1.29 is 19.4 Å². The zero-order chi connectivity index (χ0) is 10.6. The minimum absolute atomic E-state index is 0.109. The van der Waals surface area contributed by atoms with E-state index in [2.05, 4.69) is 0 Å². The van der Waals surface area contributed by atoms with Crippen LogP contribution >= 0.6 is 0 Å². The van der Waals surface area contributed by atoms with E-state index in [1.807, 2.05) is 0 Å². The Morgan fingerprint density at radius 3 is 2.71 bits per heavy atom. The van der Waals surface area contributed by atoms with Gasteiger partial charge in [0.25, 0.3) is 0 Å². The van der Waals surface area contributed by atoms with Crippen molar-refractivity contribution in [2.45, 2.75) is 0 Å². The standard InChI is InChI=1S/C10H9FO3/c11-9-5-7(2-1-3-12)4-8(6-13)10(9)14/h1-2,4-6,12,14H,3H2. The highest BCUT2D eigenvalue weighted by atomic mass is 19.1. The minimum atomic E-state index is -0.854. The first kappa shape index (κ1) is 10.4. The van der Waals surface area contributed by atoms with Crippen LogP contribution in [0.3, 0.4) is 0 Å². The van der Waals surface area contributed by atoms with Gasteiger partial charge in [-0.2, -0.15) is 0 Å². The first-order chi connectivity index (χ1) is 6.69. The molecule has 0 spiro atoms. The molecule has 4 heteroatoms. The molecule has 74 valence electrons. The van der Waals surface area contributed by atoms with Crippen molar-refractivity contribution >= 4 is 12.4 Å². The van der Waals surface area contributed by atoms with Gasteiger partial charge in [-0.05, 0) is 17.7 Å². The fourth-order valence-corrected chi connectivity index (χ4v) is 1.02. The highest BCUT2D eigenvalue weighted by Crippen LogP contribution is 2.22. The van der Waals surface area contributed by atoms with E-state index in [0.717, 1.165) is 6.07 Å². The second kappa shape index (κ2) is 4.53. The lowest BCUT2D eigenvalue weighted by Gasteiger charge is -2.00. The third kappa shape index (κ3) is 2.17. The van der Waals surface area contributed by atoms with Crippen LogP contribution in [-0.4, -0.2) is 23.1 Å². The van der Waals surface area contributed by atoms with Crippen molar-refractivity contribution in [3.05, 3.63) is 35.2 Å². The zero-order valence-electron chi connectivity index (χ0n) is 7.27. The van der Waals surface area contributed by atoms with Gasteiger partial charge in [0.15, 0.2) is 17.9 Å². The maximum Gasteiger partial charge on any atom is 0.166 e. The summed E-state index contributed by atoms with van der Waals surface area (Å²) in [6, 6.07) is 2.41. The Labute approximate surface area is 80.1 Å². The molecule has 0 radical (unpaired) electrons. The number of carbonyl (C=O) groups is 1. The van der Waals surface area contributed by atoms with Crippen LogP contribution in [0.25, 0.3) is 6.08 Å². The summed E-state index contributed by atoms with van der Waals surface area (Å²) in [5.41, 5.74) is 0.305. The molecule has 1 aromatic carbocycles. The summed E-state index contributed by atoms with van der Waals surface area (Å²) in [5.74, 6) is -1.51. The molecule has 0 unspecified atom stereocenters. The Morgan fingerprint density at radius 1 is 1.43 bits per heavy atom. The largest absolute Gasteiger partial charge is 0.504 e. The Balaban J connectivity index is 3.16. The lowest BCUT2D eigenvalue weighted by atomic mass is 10.1. The number of carbonyl (C=O) groups excluding carboxylic acids is 1. The van der Waals surface area contributed by atoms with Crippen molar-refractivity contribution in [3.63, 3.8) is 0 Å². The molecule has 0 aliphatic carbocycles. The Hall–Kier alpha value is -1.68. The first-order valence-electron chi connectivity index (χ1n) is 3.94. The highest BCUT2D eigenvalue weighted by Gasteiger charge is 2.07. The van der Waals surface area contributed by atoms with E-state index in [0.29, 0.717) is 11.8 Å². The van der Waals surface area contributed by atoms with Gasteiger partial charge in [-0.3, -0.25) is 4.79 Å². The highest BCUT2D eigenvalue weighted by molar-refractivity contribution is 5.80. The van der Waals surface area contributed by atoms with Crippen molar-refractivity contribution in [1.82, 2.24) is 0 Å². The summed E-state index contributed by atoms with van der Waals surface area (Å²) in [5, 5.41) is 17.5. The summed E-state index contributed by atoms with van der Waals surface area (Å²) in [7, 11) is 0. The maximum atomic E-state index is 12.9. The topological polar surface area (TPSA) is 57.5 Å². The predicted molar refractivity (Wildman–Crippen MR) is 49.6 cm³/mol. The third-order valence-corrected chi connectivity index (χ3v) is 1.66. The van der Waals surface area contributed by atoms with Gasteiger partial charge < -0.3 is 10.2 Å². The van der Waals surface area contributed by atoms with E-state index < -0.39 is 11.6 Å². The van der Waals surface area contributed by atoms with E-state index >= 15 is 0 Å². The molecule has 0 atom stereocenters. The molecule has 1 aromatic rings. The van der Waals surface area contributed by atoms with Gasteiger partial charge in [0.2, 0.25) is 0 Å². The predicted octanol–water partition coefficient (Wildman–Crippen LogP) is 1.35. The number of benzene rings is 1. The quantitative estimate of drug-likeness (QED) is 0.717. The van der Waals surface area contributed by atoms with Crippen molar-refractivity contribution in [3.8, 4) is 5.75 Å². The van der Waals surface area contributed by atoms with Crippen molar-refractivity contribution in [2.24, 2.45) is 0 Å². The molecule has 14 heavy (non-hydrogen) atoms. The number of phenols is 1. The normalized spacial score (nSPS) is 10.7. The van der Waals surface area contributed by atoms with Gasteiger partial charge in [0.05, 0.1) is 12.2 Å². The Kier molecular flexibility index (Phi) is 3.36. The summed E-state index contributed by atoms with van der Waals surface area (Å²) in [4.78, 5) is 10.4. The second-order valence-electron chi connectivity index (χ2n) is 2.64. The Morgan fingerprint density at radius 2 is 2.14 bits per heavy atom. The van der Waals surface area contributed by atoms with Gasteiger partial charge in [-0.25, -0.2) is 4.39 Å². The van der Waals surface area contributed by atoms with Crippen molar-refractivity contribution in [2.75, 3.05) is 6.61 Å². The van der Waals surface area contributed by atoms with Gasteiger partial charge in [-0.15, -0.1) is 0 Å². The smallest absolute Gasteiger partial charge is 0.166 e. The number of aliphatic hydroxyl groups excluding tert-OH is 1. The number of rotatable bonds is 3. The van der Waals surface area contributed by atoms with Crippen LogP contribution in [0.1, 0.15) is 15.9 Å². The van der Waals surface area contributed by atoms with Gasteiger partial charge in [0, 0.05) is 0 Å². The molecule has 0 aromatic heterocycles. The van der Waals surface area contributed by atoms with Crippen LogP contribution in [0, 0.1) is 5.82 Å². The minimum Gasteiger partial charge on any atom is -0.504 e. The van der Waals surface area contributed by atoms with Crippen molar-refractivity contribution in [1.29, 1.82) is 0 Å². The number of phenolic OH excluding ortho intramolecular Hbond substituents is 1. The van der Waals surface area contributed by atoms with Crippen LogP contribution < -0.4 is 0 Å². The number of hydrogen-bond donors (Lipinski definition) is 2. The molecular weight excluding hydrogens is 187 g/mol. The number of aliphatic hydroxyl groups is 1. The molecule has 2 N–H and O–H groups in total. The third-order valence-electron chi connectivity index (χ3n) is 1.66. The fourth-order valence-electron chi connectivity index (χ4n) is 1.02. The molecule has 0 aliphatic rings. The average molecular weight is 196 g/mol.